The van der Waals surface area contributed by atoms with Gasteiger partial charge in [0.05, 0.1) is 37.5 Å². The fourth-order valence-electron chi connectivity index (χ4n) is 4.50. The van der Waals surface area contributed by atoms with Gasteiger partial charge in [0.2, 0.25) is 0 Å². The van der Waals surface area contributed by atoms with Gasteiger partial charge < -0.3 is 19.3 Å². The molecule has 3 aliphatic heterocycles. The van der Waals surface area contributed by atoms with E-state index in [1.807, 2.05) is 12.1 Å². The summed E-state index contributed by atoms with van der Waals surface area (Å²) in [6.45, 7) is 10.4. The summed E-state index contributed by atoms with van der Waals surface area (Å²) in [7, 11) is 0. The quantitative estimate of drug-likeness (QED) is 0.795. The van der Waals surface area contributed by atoms with E-state index in [1.165, 1.54) is 6.42 Å². The van der Waals surface area contributed by atoms with Crippen LogP contribution in [0.25, 0.3) is 11.0 Å². The number of morpholine rings is 2. The second-order valence-corrected chi connectivity index (χ2v) is 7.97. The Morgan fingerprint density at radius 1 is 0.786 bits per heavy atom. The highest BCUT2D eigenvalue weighted by Gasteiger charge is 2.30. The molecule has 4 heterocycles. The molecule has 1 aromatic carbocycles. The average Bonchev–Trinajstić information content (AvgIpc) is 3.22. The number of benzene rings is 1. The van der Waals surface area contributed by atoms with Gasteiger partial charge in [0.1, 0.15) is 0 Å². The number of fused-ring (bicyclic) bond motifs is 1. The van der Waals surface area contributed by atoms with Gasteiger partial charge in [-0.2, -0.15) is 0 Å². The van der Waals surface area contributed by atoms with Crippen LogP contribution in [0.2, 0.25) is 0 Å². The predicted octanol–water partition coefficient (Wildman–Crippen LogP) is 1.62. The van der Waals surface area contributed by atoms with Gasteiger partial charge >= 0.3 is 0 Å². The highest BCUT2D eigenvalue weighted by molar-refractivity contribution is 5.81. The largest absolute Gasteiger partial charge is 0.379 e. The lowest BCUT2D eigenvalue weighted by Crippen LogP contribution is -2.40. The van der Waals surface area contributed by atoms with Crippen LogP contribution in [-0.4, -0.2) is 87.1 Å². The summed E-state index contributed by atoms with van der Waals surface area (Å²) < 4.78 is 11.0. The summed E-state index contributed by atoms with van der Waals surface area (Å²) in [4.78, 5) is 17.4. The van der Waals surface area contributed by atoms with Gasteiger partial charge in [0, 0.05) is 45.8 Å². The average molecular weight is 383 g/mol. The van der Waals surface area contributed by atoms with E-state index in [4.69, 9.17) is 19.4 Å². The van der Waals surface area contributed by atoms with Crippen molar-refractivity contribution in [2.45, 2.75) is 6.42 Å². The molecule has 150 valence electrons. The second kappa shape index (κ2) is 8.19. The molecule has 1 unspecified atom stereocenters. The zero-order valence-corrected chi connectivity index (χ0v) is 16.4. The maximum atomic E-state index is 5.56. The summed E-state index contributed by atoms with van der Waals surface area (Å²) in [6.07, 6.45) is 1.22. The zero-order valence-electron chi connectivity index (χ0n) is 16.4. The lowest BCUT2D eigenvalue weighted by molar-refractivity contribution is 0.0320. The first-order valence-electron chi connectivity index (χ1n) is 10.5. The molecule has 0 bridgehead atoms. The Labute approximate surface area is 166 Å². The Kier molecular flexibility index (Phi) is 5.29. The van der Waals surface area contributed by atoms with Crippen molar-refractivity contribution in [1.29, 1.82) is 0 Å². The van der Waals surface area contributed by atoms with Crippen molar-refractivity contribution in [3.05, 3.63) is 24.3 Å². The lowest BCUT2D eigenvalue weighted by atomic mass is 10.1. The molecule has 1 aromatic heterocycles. The molecule has 0 saturated carbocycles. The summed E-state index contributed by atoms with van der Waals surface area (Å²) in [5.74, 6) is 2.75. The van der Waals surface area contributed by atoms with Gasteiger partial charge in [0.15, 0.2) is 11.6 Å². The standard InChI is InChI=1S/C21H29N5O2/c1-2-4-19-18(3-1)22-20(25-9-13-28-14-10-25)21(23-19)26-6-5-17(16-26)15-24-7-11-27-12-8-24/h1-4,17H,5-16H2. The van der Waals surface area contributed by atoms with Crippen LogP contribution in [0, 0.1) is 5.92 Å². The highest BCUT2D eigenvalue weighted by atomic mass is 16.5. The number of ether oxygens (including phenoxy) is 2. The molecule has 0 spiro atoms. The highest BCUT2D eigenvalue weighted by Crippen LogP contribution is 2.32. The van der Waals surface area contributed by atoms with Crippen molar-refractivity contribution < 1.29 is 9.47 Å². The first-order valence-corrected chi connectivity index (χ1v) is 10.5. The predicted molar refractivity (Wildman–Crippen MR) is 110 cm³/mol. The van der Waals surface area contributed by atoms with Gasteiger partial charge in [-0.15, -0.1) is 0 Å². The minimum Gasteiger partial charge on any atom is -0.379 e. The SMILES string of the molecule is c1ccc2nc(N3CCC(CN4CCOCC4)C3)c(N3CCOCC3)nc2c1. The minimum atomic E-state index is 0.684. The number of hydrogen-bond donors (Lipinski definition) is 0. The van der Waals surface area contributed by atoms with E-state index in [-0.39, 0.29) is 0 Å². The minimum absolute atomic E-state index is 0.684. The van der Waals surface area contributed by atoms with Crippen LogP contribution >= 0.6 is 0 Å². The molecule has 2 aromatic rings. The van der Waals surface area contributed by atoms with Gasteiger partial charge in [-0.05, 0) is 24.5 Å². The molecular formula is C21H29N5O2. The summed E-state index contributed by atoms with van der Waals surface area (Å²) in [5.41, 5.74) is 1.95. The molecule has 28 heavy (non-hydrogen) atoms. The molecule has 3 aliphatic rings. The Morgan fingerprint density at radius 3 is 2.07 bits per heavy atom. The third-order valence-electron chi connectivity index (χ3n) is 6.05. The van der Waals surface area contributed by atoms with Crippen LogP contribution in [0.1, 0.15) is 6.42 Å². The Hall–Kier alpha value is -1.96. The molecule has 3 fully saturated rings. The topological polar surface area (TPSA) is 54.0 Å². The van der Waals surface area contributed by atoms with Crippen LogP contribution in [0.5, 0.6) is 0 Å². The van der Waals surface area contributed by atoms with Crippen molar-refractivity contribution >= 4 is 22.7 Å². The molecule has 0 radical (unpaired) electrons. The van der Waals surface area contributed by atoms with Crippen LogP contribution in [0.3, 0.4) is 0 Å². The second-order valence-electron chi connectivity index (χ2n) is 7.97. The van der Waals surface area contributed by atoms with Gasteiger partial charge in [-0.1, -0.05) is 12.1 Å². The summed E-state index contributed by atoms with van der Waals surface area (Å²) in [6, 6.07) is 8.20. The number of hydrogen-bond acceptors (Lipinski definition) is 7. The number of aromatic nitrogens is 2. The van der Waals surface area contributed by atoms with Crippen LogP contribution in [0.15, 0.2) is 24.3 Å². The number of nitrogens with zero attached hydrogens (tertiary/aromatic N) is 5. The molecule has 5 rings (SSSR count). The molecule has 0 N–H and O–H groups in total. The third-order valence-corrected chi connectivity index (χ3v) is 6.05. The summed E-state index contributed by atoms with van der Waals surface area (Å²) >= 11 is 0. The molecule has 7 nitrogen and oxygen atoms in total. The molecule has 7 heteroatoms. The van der Waals surface area contributed by atoms with Gasteiger partial charge in [0.25, 0.3) is 0 Å². The third kappa shape index (κ3) is 3.79. The van der Waals surface area contributed by atoms with Crippen molar-refractivity contribution in [2.24, 2.45) is 5.92 Å². The first kappa shape index (κ1) is 18.1. The number of para-hydroxylation sites is 2. The van der Waals surface area contributed by atoms with Crippen molar-refractivity contribution in [3.8, 4) is 0 Å². The van der Waals surface area contributed by atoms with Crippen molar-refractivity contribution in [3.63, 3.8) is 0 Å². The van der Waals surface area contributed by atoms with Crippen LogP contribution < -0.4 is 9.80 Å². The number of anilines is 2. The maximum absolute atomic E-state index is 5.56. The normalized spacial score (nSPS) is 24.2. The van der Waals surface area contributed by atoms with Gasteiger partial charge in [-0.25, -0.2) is 9.97 Å². The van der Waals surface area contributed by atoms with Crippen LogP contribution in [0.4, 0.5) is 11.6 Å². The van der Waals surface area contributed by atoms with Crippen molar-refractivity contribution in [2.75, 3.05) is 82.0 Å². The smallest absolute Gasteiger partial charge is 0.172 e. The monoisotopic (exact) mass is 383 g/mol. The van der Waals surface area contributed by atoms with E-state index in [0.717, 1.165) is 94.9 Å². The van der Waals surface area contributed by atoms with Crippen molar-refractivity contribution in [1.82, 2.24) is 14.9 Å². The zero-order chi connectivity index (χ0) is 18.8. The van der Waals surface area contributed by atoms with E-state index < -0.39 is 0 Å². The molecule has 0 aliphatic carbocycles. The Bertz CT molecular complexity index is 804. The van der Waals surface area contributed by atoms with Gasteiger partial charge in [-0.3, -0.25) is 4.90 Å². The van der Waals surface area contributed by atoms with E-state index in [2.05, 4.69) is 26.8 Å². The number of rotatable bonds is 4. The van der Waals surface area contributed by atoms with E-state index >= 15 is 0 Å². The molecule has 0 amide bonds. The van der Waals surface area contributed by atoms with E-state index in [1.54, 1.807) is 0 Å². The Balaban J connectivity index is 1.39. The first-order chi connectivity index (χ1) is 13.9. The lowest BCUT2D eigenvalue weighted by Gasteiger charge is -2.32. The fraction of sp³-hybridized carbons (Fsp3) is 0.619. The summed E-state index contributed by atoms with van der Waals surface area (Å²) in [5, 5.41) is 0. The fourth-order valence-corrected chi connectivity index (χ4v) is 4.50. The van der Waals surface area contributed by atoms with E-state index in [0.29, 0.717) is 5.92 Å². The molecule has 3 saturated heterocycles. The Morgan fingerprint density at radius 2 is 1.39 bits per heavy atom. The van der Waals surface area contributed by atoms with E-state index in [9.17, 15) is 0 Å². The molecular weight excluding hydrogens is 354 g/mol. The molecule has 1 atom stereocenters. The maximum Gasteiger partial charge on any atom is 0.172 e. The van der Waals surface area contributed by atoms with Crippen LogP contribution in [-0.2, 0) is 9.47 Å².